The van der Waals surface area contributed by atoms with E-state index in [2.05, 4.69) is 47.1 Å². The van der Waals surface area contributed by atoms with Crippen molar-refractivity contribution in [2.24, 2.45) is 5.73 Å². The number of benzene rings is 1. The quantitative estimate of drug-likeness (QED) is 0.856. The van der Waals surface area contributed by atoms with Gasteiger partial charge in [-0.3, -0.25) is 4.90 Å². The van der Waals surface area contributed by atoms with Gasteiger partial charge in [-0.05, 0) is 25.5 Å². The van der Waals surface area contributed by atoms with Crippen LogP contribution in [0.3, 0.4) is 0 Å². The Bertz CT molecular complexity index is 329. The summed E-state index contributed by atoms with van der Waals surface area (Å²) < 4.78 is 0. The van der Waals surface area contributed by atoms with Gasteiger partial charge in [0.15, 0.2) is 0 Å². The van der Waals surface area contributed by atoms with Crippen molar-refractivity contribution in [3.05, 3.63) is 35.9 Å². The van der Waals surface area contributed by atoms with Crippen LogP contribution in [0.5, 0.6) is 0 Å². The second-order valence-corrected chi connectivity index (χ2v) is 5.37. The standard InChI is InChI=1S/C15H25N3/c1-14(16)7-8-17-9-11-18(12-10-17)13-15-5-3-2-4-6-15/h2-6,14H,7-13,16H2,1H3/t14-/m1/s1. The first-order valence-electron chi connectivity index (χ1n) is 6.98. The van der Waals surface area contributed by atoms with Crippen LogP contribution < -0.4 is 5.73 Å². The maximum absolute atomic E-state index is 5.80. The van der Waals surface area contributed by atoms with Gasteiger partial charge in [0.25, 0.3) is 0 Å². The van der Waals surface area contributed by atoms with Crippen LogP contribution >= 0.6 is 0 Å². The smallest absolute Gasteiger partial charge is 0.0234 e. The topological polar surface area (TPSA) is 32.5 Å². The van der Waals surface area contributed by atoms with Crippen molar-refractivity contribution in [1.29, 1.82) is 0 Å². The minimum atomic E-state index is 0.326. The van der Waals surface area contributed by atoms with Crippen molar-refractivity contribution in [3.63, 3.8) is 0 Å². The van der Waals surface area contributed by atoms with Crippen LogP contribution in [0, 0.1) is 0 Å². The molecule has 0 spiro atoms. The van der Waals surface area contributed by atoms with Gasteiger partial charge < -0.3 is 10.6 Å². The Kier molecular flexibility index (Phi) is 5.17. The minimum Gasteiger partial charge on any atom is -0.328 e. The van der Waals surface area contributed by atoms with Crippen LogP contribution in [0.2, 0.25) is 0 Å². The number of nitrogens with zero attached hydrogens (tertiary/aromatic N) is 2. The number of hydrogen-bond donors (Lipinski definition) is 1. The molecule has 18 heavy (non-hydrogen) atoms. The van der Waals surface area contributed by atoms with Crippen LogP contribution in [0.15, 0.2) is 30.3 Å². The summed E-state index contributed by atoms with van der Waals surface area (Å²) in [4.78, 5) is 5.07. The zero-order chi connectivity index (χ0) is 12.8. The highest BCUT2D eigenvalue weighted by Crippen LogP contribution is 2.08. The summed E-state index contributed by atoms with van der Waals surface area (Å²) in [5.41, 5.74) is 7.22. The third kappa shape index (κ3) is 4.41. The molecule has 1 saturated heterocycles. The van der Waals surface area contributed by atoms with Crippen molar-refractivity contribution in [2.75, 3.05) is 32.7 Å². The van der Waals surface area contributed by atoms with E-state index in [4.69, 9.17) is 5.73 Å². The Labute approximate surface area is 111 Å². The number of nitrogens with two attached hydrogens (primary N) is 1. The molecule has 1 aromatic carbocycles. The van der Waals surface area contributed by atoms with E-state index in [1.54, 1.807) is 0 Å². The third-order valence-corrected chi connectivity index (χ3v) is 3.61. The maximum atomic E-state index is 5.80. The molecule has 0 amide bonds. The first-order valence-corrected chi connectivity index (χ1v) is 6.98. The fourth-order valence-electron chi connectivity index (χ4n) is 2.40. The molecule has 1 atom stereocenters. The van der Waals surface area contributed by atoms with Crippen LogP contribution in [-0.4, -0.2) is 48.6 Å². The van der Waals surface area contributed by atoms with E-state index >= 15 is 0 Å². The van der Waals surface area contributed by atoms with Crippen LogP contribution in [0.1, 0.15) is 18.9 Å². The van der Waals surface area contributed by atoms with Gasteiger partial charge in [-0.15, -0.1) is 0 Å². The molecule has 0 aromatic heterocycles. The minimum absolute atomic E-state index is 0.326. The summed E-state index contributed by atoms with van der Waals surface area (Å²) in [5.74, 6) is 0. The van der Waals surface area contributed by atoms with Gasteiger partial charge >= 0.3 is 0 Å². The number of rotatable bonds is 5. The summed E-state index contributed by atoms with van der Waals surface area (Å²) in [5, 5.41) is 0. The van der Waals surface area contributed by atoms with Crippen molar-refractivity contribution in [1.82, 2.24) is 9.80 Å². The molecule has 1 heterocycles. The molecule has 1 aliphatic rings. The van der Waals surface area contributed by atoms with Crippen molar-refractivity contribution >= 4 is 0 Å². The molecule has 100 valence electrons. The lowest BCUT2D eigenvalue weighted by atomic mass is 10.2. The van der Waals surface area contributed by atoms with Gasteiger partial charge in [0.2, 0.25) is 0 Å². The zero-order valence-electron chi connectivity index (χ0n) is 11.4. The molecule has 3 nitrogen and oxygen atoms in total. The van der Waals surface area contributed by atoms with Crippen LogP contribution in [0.25, 0.3) is 0 Å². The Morgan fingerprint density at radius 3 is 2.28 bits per heavy atom. The molecule has 2 N–H and O–H groups in total. The maximum Gasteiger partial charge on any atom is 0.0234 e. The molecule has 0 aliphatic carbocycles. The van der Waals surface area contributed by atoms with Crippen molar-refractivity contribution < 1.29 is 0 Å². The SMILES string of the molecule is C[C@@H](N)CCN1CCN(Cc2ccccc2)CC1. The first-order chi connectivity index (χ1) is 8.74. The average Bonchev–Trinajstić information content (AvgIpc) is 2.39. The zero-order valence-corrected chi connectivity index (χ0v) is 11.4. The van der Waals surface area contributed by atoms with E-state index in [-0.39, 0.29) is 0 Å². The Balaban J connectivity index is 1.70. The fourth-order valence-corrected chi connectivity index (χ4v) is 2.40. The van der Waals surface area contributed by atoms with Gasteiger partial charge in [0.05, 0.1) is 0 Å². The first kappa shape index (κ1) is 13.5. The molecule has 0 bridgehead atoms. The molecule has 1 aliphatic heterocycles. The predicted molar refractivity (Wildman–Crippen MR) is 76.4 cm³/mol. The van der Waals surface area contributed by atoms with Crippen molar-refractivity contribution in [3.8, 4) is 0 Å². The fraction of sp³-hybridized carbons (Fsp3) is 0.600. The molecule has 2 rings (SSSR count). The molecule has 1 aromatic rings. The Morgan fingerprint density at radius 2 is 1.67 bits per heavy atom. The highest BCUT2D eigenvalue weighted by molar-refractivity contribution is 5.14. The number of piperazine rings is 1. The highest BCUT2D eigenvalue weighted by atomic mass is 15.3. The predicted octanol–water partition coefficient (Wildman–Crippen LogP) is 1.54. The van der Waals surface area contributed by atoms with E-state index < -0.39 is 0 Å². The third-order valence-electron chi connectivity index (χ3n) is 3.61. The van der Waals surface area contributed by atoms with E-state index in [9.17, 15) is 0 Å². The molecule has 0 unspecified atom stereocenters. The summed E-state index contributed by atoms with van der Waals surface area (Å²) in [6.45, 7) is 9.03. The second-order valence-electron chi connectivity index (χ2n) is 5.37. The molecule has 3 heteroatoms. The van der Waals surface area contributed by atoms with Gasteiger partial charge in [-0.25, -0.2) is 0 Å². The van der Waals surface area contributed by atoms with Gasteiger partial charge in [-0.1, -0.05) is 30.3 Å². The molecular formula is C15H25N3. The van der Waals surface area contributed by atoms with Gasteiger partial charge in [-0.2, -0.15) is 0 Å². The molecular weight excluding hydrogens is 222 g/mol. The Morgan fingerprint density at radius 1 is 1.06 bits per heavy atom. The lowest BCUT2D eigenvalue weighted by Crippen LogP contribution is -2.46. The lowest BCUT2D eigenvalue weighted by Gasteiger charge is -2.35. The average molecular weight is 247 g/mol. The lowest BCUT2D eigenvalue weighted by molar-refractivity contribution is 0.125. The van der Waals surface area contributed by atoms with Crippen LogP contribution in [-0.2, 0) is 6.54 Å². The van der Waals surface area contributed by atoms with E-state index in [1.165, 1.54) is 31.7 Å². The number of hydrogen-bond acceptors (Lipinski definition) is 3. The normalized spacial score (nSPS) is 19.9. The summed E-state index contributed by atoms with van der Waals surface area (Å²) >= 11 is 0. The van der Waals surface area contributed by atoms with Gasteiger partial charge in [0, 0.05) is 38.8 Å². The summed E-state index contributed by atoms with van der Waals surface area (Å²) in [7, 11) is 0. The molecule has 1 fully saturated rings. The molecule has 0 saturated carbocycles. The van der Waals surface area contributed by atoms with Gasteiger partial charge in [0.1, 0.15) is 0 Å². The van der Waals surface area contributed by atoms with E-state index in [0.29, 0.717) is 6.04 Å². The summed E-state index contributed by atoms with van der Waals surface area (Å²) in [6.07, 6.45) is 1.11. The summed E-state index contributed by atoms with van der Waals surface area (Å²) in [6, 6.07) is 11.1. The van der Waals surface area contributed by atoms with E-state index in [1.807, 2.05) is 0 Å². The Hall–Kier alpha value is -0.900. The molecule has 0 radical (unpaired) electrons. The highest BCUT2D eigenvalue weighted by Gasteiger charge is 2.16. The second kappa shape index (κ2) is 6.88. The monoisotopic (exact) mass is 247 g/mol. The van der Waals surface area contributed by atoms with E-state index in [0.717, 1.165) is 19.5 Å². The van der Waals surface area contributed by atoms with Crippen molar-refractivity contribution in [2.45, 2.75) is 25.9 Å². The largest absolute Gasteiger partial charge is 0.328 e. The van der Waals surface area contributed by atoms with Crippen LogP contribution in [0.4, 0.5) is 0 Å².